The molecule has 0 amide bonds. The lowest BCUT2D eigenvalue weighted by Gasteiger charge is -2.28. The van der Waals surface area contributed by atoms with Gasteiger partial charge in [0.15, 0.2) is 0 Å². The standard InChI is InChI=1S/C6H14N2.C5H10/c1-7-3-5-8(2)6-4-7;1-4-5(2)3/h3-6H2,1-2H3;4-5H,1H2,2-3H3. The Balaban J connectivity index is 0.000000252. The van der Waals surface area contributed by atoms with E-state index in [1.165, 1.54) is 26.2 Å². The van der Waals surface area contributed by atoms with Crippen LogP contribution in [-0.2, 0) is 0 Å². The van der Waals surface area contributed by atoms with Crippen molar-refractivity contribution in [3.63, 3.8) is 0 Å². The zero-order valence-corrected chi connectivity index (χ0v) is 9.58. The van der Waals surface area contributed by atoms with Crippen molar-refractivity contribution in [3.05, 3.63) is 12.7 Å². The number of hydrogen-bond donors (Lipinski definition) is 0. The highest BCUT2D eigenvalue weighted by atomic mass is 15.2. The summed E-state index contributed by atoms with van der Waals surface area (Å²) in [5.41, 5.74) is 0. The second-order valence-corrected chi connectivity index (χ2v) is 4.09. The highest BCUT2D eigenvalue weighted by Crippen LogP contribution is 1.93. The van der Waals surface area contributed by atoms with Crippen LogP contribution < -0.4 is 0 Å². The van der Waals surface area contributed by atoms with Gasteiger partial charge < -0.3 is 9.80 Å². The molecule has 0 N–H and O–H groups in total. The van der Waals surface area contributed by atoms with Crippen molar-refractivity contribution in [2.45, 2.75) is 13.8 Å². The van der Waals surface area contributed by atoms with E-state index in [0.29, 0.717) is 5.92 Å². The van der Waals surface area contributed by atoms with Crippen molar-refractivity contribution in [3.8, 4) is 0 Å². The van der Waals surface area contributed by atoms with E-state index >= 15 is 0 Å². The van der Waals surface area contributed by atoms with Gasteiger partial charge in [0.2, 0.25) is 0 Å². The first-order valence-electron chi connectivity index (χ1n) is 5.06. The van der Waals surface area contributed by atoms with E-state index in [2.05, 4.69) is 44.3 Å². The third kappa shape index (κ3) is 8.00. The quantitative estimate of drug-likeness (QED) is 0.572. The molecule has 0 aromatic heterocycles. The van der Waals surface area contributed by atoms with E-state index in [1.807, 2.05) is 6.08 Å². The van der Waals surface area contributed by atoms with Gasteiger partial charge in [0.25, 0.3) is 0 Å². The SMILES string of the molecule is C=CC(C)C.CN1CCN(C)CC1. The molecule has 0 aromatic carbocycles. The van der Waals surface area contributed by atoms with Crippen LogP contribution in [-0.4, -0.2) is 50.1 Å². The molecule has 0 spiro atoms. The van der Waals surface area contributed by atoms with Crippen molar-refractivity contribution in [1.29, 1.82) is 0 Å². The Bertz CT molecular complexity index is 114. The summed E-state index contributed by atoms with van der Waals surface area (Å²) in [6.07, 6.45) is 1.92. The van der Waals surface area contributed by atoms with Crippen LogP contribution in [0.3, 0.4) is 0 Å². The summed E-state index contributed by atoms with van der Waals surface area (Å²) in [4.78, 5) is 4.72. The highest BCUT2D eigenvalue weighted by molar-refractivity contribution is 4.69. The van der Waals surface area contributed by atoms with Crippen molar-refractivity contribution in [2.24, 2.45) is 5.92 Å². The zero-order valence-electron chi connectivity index (χ0n) is 9.58. The molecule has 0 radical (unpaired) electrons. The predicted octanol–water partition coefficient (Wildman–Crippen LogP) is 1.69. The highest BCUT2D eigenvalue weighted by Gasteiger charge is 2.07. The summed E-state index contributed by atoms with van der Waals surface area (Å²) in [5, 5.41) is 0. The summed E-state index contributed by atoms with van der Waals surface area (Å²) in [5.74, 6) is 0.648. The van der Waals surface area contributed by atoms with Gasteiger partial charge >= 0.3 is 0 Å². The number of piperazine rings is 1. The fourth-order valence-corrected chi connectivity index (χ4v) is 0.906. The maximum absolute atomic E-state index is 3.56. The summed E-state index contributed by atoms with van der Waals surface area (Å²) in [6.45, 7) is 12.7. The van der Waals surface area contributed by atoms with Crippen LogP contribution in [0.5, 0.6) is 0 Å². The first kappa shape index (κ1) is 12.7. The molecule has 1 fully saturated rings. The maximum atomic E-state index is 3.56. The fraction of sp³-hybridized carbons (Fsp3) is 0.818. The summed E-state index contributed by atoms with van der Waals surface area (Å²) in [7, 11) is 4.35. The summed E-state index contributed by atoms with van der Waals surface area (Å²) < 4.78 is 0. The van der Waals surface area contributed by atoms with Gasteiger partial charge in [-0.1, -0.05) is 19.9 Å². The lowest BCUT2D eigenvalue weighted by atomic mass is 10.2. The molecule has 2 heteroatoms. The number of likely N-dealkylation sites (N-methyl/N-ethyl adjacent to an activating group) is 2. The molecule has 0 saturated carbocycles. The van der Waals surface area contributed by atoms with Crippen LogP contribution in [0.15, 0.2) is 12.7 Å². The molecule has 0 atom stereocenters. The average molecular weight is 184 g/mol. The van der Waals surface area contributed by atoms with Crippen LogP contribution in [0, 0.1) is 5.92 Å². The zero-order chi connectivity index (χ0) is 10.3. The second kappa shape index (κ2) is 7.10. The van der Waals surface area contributed by atoms with E-state index in [9.17, 15) is 0 Å². The molecule has 1 aliphatic rings. The molecule has 0 aliphatic carbocycles. The molecule has 0 aromatic rings. The Kier molecular flexibility index (Phi) is 6.92. The topological polar surface area (TPSA) is 6.48 Å². The molecular weight excluding hydrogens is 160 g/mol. The van der Waals surface area contributed by atoms with Crippen LogP contribution in [0.1, 0.15) is 13.8 Å². The van der Waals surface area contributed by atoms with E-state index in [0.717, 1.165) is 0 Å². The van der Waals surface area contributed by atoms with E-state index in [4.69, 9.17) is 0 Å². The lowest BCUT2D eigenvalue weighted by molar-refractivity contribution is 0.181. The number of rotatable bonds is 1. The van der Waals surface area contributed by atoms with Crippen LogP contribution in [0.4, 0.5) is 0 Å². The number of nitrogens with zero attached hydrogens (tertiary/aromatic N) is 2. The van der Waals surface area contributed by atoms with Gasteiger partial charge in [-0.15, -0.1) is 6.58 Å². The molecule has 2 nitrogen and oxygen atoms in total. The van der Waals surface area contributed by atoms with Crippen molar-refractivity contribution < 1.29 is 0 Å². The van der Waals surface area contributed by atoms with Gasteiger partial charge in [0.05, 0.1) is 0 Å². The molecule has 1 rings (SSSR count). The lowest BCUT2D eigenvalue weighted by Crippen LogP contribution is -2.42. The van der Waals surface area contributed by atoms with Gasteiger partial charge in [-0.3, -0.25) is 0 Å². The van der Waals surface area contributed by atoms with Gasteiger partial charge in [-0.05, 0) is 20.0 Å². The smallest absolute Gasteiger partial charge is 0.0107 e. The minimum atomic E-state index is 0.648. The molecular formula is C11H24N2. The first-order valence-corrected chi connectivity index (χ1v) is 5.06. The predicted molar refractivity (Wildman–Crippen MR) is 60.0 cm³/mol. The second-order valence-electron chi connectivity index (χ2n) is 4.09. The largest absolute Gasteiger partial charge is 0.304 e. The molecule has 1 aliphatic heterocycles. The van der Waals surface area contributed by atoms with Crippen LogP contribution in [0.25, 0.3) is 0 Å². The van der Waals surface area contributed by atoms with E-state index in [1.54, 1.807) is 0 Å². The van der Waals surface area contributed by atoms with Crippen molar-refractivity contribution in [1.82, 2.24) is 9.80 Å². The Morgan fingerprint density at radius 2 is 1.23 bits per heavy atom. The van der Waals surface area contributed by atoms with Gasteiger partial charge in [-0.25, -0.2) is 0 Å². The number of allylic oxidation sites excluding steroid dienone is 1. The van der Waals surface area contributed by atoms with E-state index in [-0.39, 0.29) is 0 Å². The van der Waals surface area contributed by atoms with Gasteiger partial charge in [-0.2, -0.15) is 0 Å². The van der Waals surface area contributed by atoms with E-state index < -0.39 is 0 Å². The minimum Gasteiger partial charge on any atom is -0.304 e. The molecule has 1 heterocycles. The summed E-state index contributed by atoms with van der Waals surface area (Å²) >= 11 is 0. The van der Waals surface area contributed by atoms with Gasteiger partial charge in [0, 0.05) is 26.2 Å². The minimum absolute atomic E-state index is 0.648. The Hall–Kier alpha value is -0.340. The molecule has 1 saturated heterocycles. The Labute approximate surface area is 83.2 Å². The van der Waals surface area contributed by atoms with Gasteiger partial charge in [0.1, 0.15) is 0 Å². The first-order chi connectivity index (χ1) is 6.06. The van der Waals surface area contributed by atoms with Crippen molar-refractivity contribution >= 4 is 0 Å². The van der Waals surface area contributed by atoms with Crippen LogP contribution in [0.2, 0.25) is 0 Å². The third-order valence-electron chi connectivity index (χ3n) is 2.20. The average Bonchev–Trinajstić information content (AvgIpc) is 2.11. The third-order valence-corrected chi connectivity index (χ3v) is 2.20. The molecule has 13 heavy (non-hydrogen) atoms. The normalized spacial score (nSPS) is 19.5. The Morgan fingerprint density at radius 3 is 1.38 bits per heavy atom. The fourth-order valence-electron chi connectivity index (χ4n) is 0.906. The Morgan fingerprint density at radius 1 is 1.00 bits per heavy atom. The molecule has 0 unspecified atom stereocenters. The number of hydrogen-bond acceptors (Lipinski definition) is 2. The molecule has 0 bridgehead atoms. The van der Waals surface area contributed by atoms with Crippen molar-refractivity contribution in [2.75, 3.05) is 40.3 Å². The van der Waals surface area contributed by atoms with Crippen LogP contribution >= 0.6 is 0 Å². The monoisotopic (exact) mass is 184 g/mol. The molecule has 78 valence electrons. The summed E-state index contributed by atoms with van der Waals surface area (Å²) in [6, 6.07) is 0. The maximum Gasteiger partial charge on any atom is 0.0107 e.